The molecule has 2 amide bonds. The van der Waals surface area contributed by atoms with Crippen molar-refractivity contribution < 1.29 is 23.6 Å². The SMILES string of the molecule is CC(C)[Si](OC(=O)[C@H](Cc1ccccc1)NC(=O)[C@@H](CC(=O)[C@H](Cc1ccccc1)NC(=O)[C@@H](C)Cc1ccccc1)Cc1ccccc1)(C(C)C)C(C)(C)c1ccccc1. The molecule has 0 spiro atoms. The topological polar surface area (TPSA) is 102 Å². The molecule has 0 saturated heterocycles. The lowest BCUT2D eigenvalue weighted by molar-refractivity contribution is -0.141. The summed E-state index contributed by atoms with van der Waals surface area (Å²) in [6, 6.07) is 47.0. The molecule has 0 aliphatic carbocycles. The van der Waals surface area contributed by atoms with Gasteiger partial charge in [-0.25, -0.2) is 0 Å². The summed E-state index contributed by atoms with van der Waals surface area (Å²) in [5.74, 6) is -2.59. The van der Waals surface area contributed by atoms with Gasteiger partial charge in [-0.3, -0.25) is 19.2 Å². The number of carbonyl (C=O) groups excluding carboxylic acids is 4. The number of amides is 2. The summed E-state index contributed by atoms with van der Waals surface area (Å²) in [5, 5.41) is 5.73. The van der Waals surface area contributed by atoms with Gasteiger partial charge in [0.15, 0.2) is 5.78 Å². The van der Waals surface area contributed by atoms with Crippen LogP contribution in [0.5, 0.6) is 0 Å². The van der Waals surface area contributed by atoms with Gasteiger partial charge < -0.3 is 15.1 Å². The maximum absolute atomic E-state index is 14.9. The third kappa shape index (κ3) is 12.3. The van der Waals surface area contributed by atoms with Crippen LogP contribution < -0.4 is 10.6 Å². The Bertz CT molecular complexity index is 2140. The Labute approximate surface area is 364 Å². The molecule has 5 aromatic rings. The molecule has 7 nitrogen and oxygen atoms in total. The molecule has 320 valence electrons. The largest absolute Gasteiger partial charge is 0.516 e. The van der Waals surface area contributed by atoms with Crippen LogP contribution >= 0.6 is 0 Å². The van der Waals surface area contributed by atoms with Crippen LogP contribution in [0.4, 0.5) is 0 Å². The Morgan fingerprint density at radius 2 is 0.885 bits per heavy atom. The van der Waals surface area contributed by atoms with Crippen molar-refractivity contribution in [3.63, 3.8) is 0 Å². The van der Waals surface area contributed by atoms with Crippen molar-refractivity contribution in [2.24, 2.45) is 11.8 Å². The highest BCUT2D eigenvalue weighted by molar-refractivity contribution is 6.80. The molecule has 4 atom stereocenters. The lowest BCUT2D eigenvalue weighted by atomic mass is 9.89. The molecular formula is C53H64N2O5Si. The van der Waals surface area contributed by atoms with Crippen LogP contribution in [-0.2, 0) is 54.3 Å². The lowest BCUT2D eigenvalue weighted by Gasteiger charge is -2.49. The van der Waals surface area contributed by atoms with E-state index in [1.54, 1.807) is 0 Å². The first-order valence-electron chi connectivity index (χ1n) is 21.8. The summed E-state index contributed by atoms with van der Waals surface area (Å²) in [6.07, 6.45) is 1.14. The molecule has 0 bridgehead atoms. The van der Waals surface area contributed by atoms with Gasteiger partial charge in [0.1, 0.15) is 6.04 Å². The van der Waals surface area contributed by atoms with Crippen LogP contribution in [0.1, 0.15) is 82.7 Å². The van der Waals surface area contributed by atoms with E-state index in [4.69, 9.17) is 4.43 Å². The van der Waals surface area contributed by atoms with E-state index in [0.29, 0.717) is 6.42 Å². The highest BCUT2D eigenvalue weighted by Crippen LogP contribution is 2.48. The van der Waals surface area contributed by atoms with Crippen LogP contribution in [0.25, 0.3) is 0 Å². The van der Waals surface area contributed by atoms with E-state index in [1.165, 1.54) is 0 Å². The van der Waals surface area contributed by atoms with E-state index in [1.807, 2.05) is 146 Å². The van der Waals surface area contributed by atoms with Gasteiger partial charge in [-0.1, -0.05) is 200 Å². The van der Waals surface area contributed by atoms with Crippen molar-refractivity contribution in [3.05, 3.63) is 179 Å². The summed E-state index contributed by atoms with van der Waals surface area (Å²) in [5.41, 5.74) is 4.89. The van der Waals surface area contributed by atoms with Crippen molar-refractivity contribution in [2.75, 3.05) is 0 Å². The van der Waals surface area contributed by atoms with Gasteiger partial charge in [0.05, 0.1) is 6.04 Å². The average Bonchev–Trinajstić information content (AvgIpc) is 3.26. The van der Waals surface area contributed by atoms with E-state index >= 15 is 0 Å². The highest BCUT2D eigenvalue weighted by atomic mass is 28.4. The summed E-state index contributed by atoms with van der Waals surface area (Å²) >= 11 is 0. The summed E-state index contributed by atoms with van der Waals surface area (Å²) in [6.45, 7) is 14.8. The predicted molar refractivity (Wildman–Crippen MR) is 248 cm³/mol. The maximum Gasteiger partial charge on any atom is 0.315 e. The lowest BCUT2D eigenvalue weighted by Crippen LogP contribution is -2.62. The molecule has 2 N–H and O–H groups in total. The standard InChI is InChI=1S/C53H64N2O5Si/c1-38(2)61(39(3)4,53(6,7)46-31-21-12-22-32-46)60-52(59)48(36-44-29-19-11-20-30-44)55-51(58)45(34-42-25-15-9-16-26-42)37-49(56)47(35-43-27-17-10-18-28-43)54-50(57)40(5)33-41-23-13-8-14-24-41/h8-32,38-40,45,47-48H,33-37H2,1-7H3,(H,54,57)(H,55,58)/t40-,45+,47-,48-/m0/s1. The van der Waals surface area contributed by atoms with Crippen LogP contribution in [0.15, 0.2) is 152 Å². The number of hydrogen-bond donors (Lipinski definition) is 2. The highest BCUT2D eigenvalue weighted by Gasteiger charge is 2.58. The zero-order valence-electron chi connectivity index (χ0n) is 37.0. The minimum atomic E-state index is -3.02. The van der Waals surface area contributed by atoms with E-state index in [-0.39, 0.29) is 54.4 Å². The maximum atomic E-state index is 14.9. The average molecular weight is 837 g/mol. The van der Waals surface area contributed by atoms with Gasteiger partial charge in [-0.2, -0.15) is 0 Å². The molecule has 0 aromatic heterocycles. The molecule has 0 radical (unpaired) electrons. The summed E-state index contributed by atoms with van der Waals surface area (Å²) < 4.78 is 6.98. The number of benzene rings is 5. The quantitative estimate of drug-likeness (QED) is 0.0717. The van der Waals surface area contributed by atoms with Crippen molar-refractivity contribution in [1.82, 2.24) is 10.6 Å². The number of nitrogens with one attached hydrogen (secondary N) is 2. The monoisotopic (exact) mass is 836 g/mol. The van der Waals surface area contributed by atoms with E-state index in [2.05, 4.69) is 64.3 Å². The number of ketones is 1. The molecule has 61 heavy (non-hydrogen) atoms. The van der Waals surface area contributed by atoms with Crippen molar-refractivity contribution in [2.45, 2.75) is 109 Å². The zero-order chi connectivity index (χ0) is 44.0. The van der Waals surface area contributed by atoms with Crippen LogP contribution in [0.3, 0.4) is 0 Å². The third-order valence-electron chi connectivity index (χ3n) is 12.3. The van der Waals surface area contributed by atoms with Gasteiger partial charge in [0, 0.05) is 29.7 Å². The normalized spacial score (nSPS) is 13.8. The number of rotatable bonds is 21. The second-order valence-corrected chi connectivity index (χ2v) is 23.0. The minimum Gasteiger partial charge on any atom is -0.516 e. The first kappa shape index (κ1) is 46.5. The number of carbonyl (C=O) groups is 4. The first-order chi connectivity index (χ1) is 29.2. The third-order valence-corrected chi connectivity index (χ3v) is 18.5. The molecule has 0 unspecified atom stereocenters. The second-order valence-electron chi connectivity index (χ2n) is 17.7. The van der Waals surface area contributed by atoms with Crippen LogP contribution in [0.2, 0.25) is 11.1 Å². The Hall–Kier alpha value is -5.60. The van der Waals surface area contributed by atoms with E-state index in [9.17, 15) is 19.2 Å². The molecule has 8 heteroatoms. The fraction of sp³-hybridized carbons (Fsp3) is 0.358. The predicted octanol–water partition coefficient (Wildman–Crippen LogP) is 9.96. The molecular weight excluding hydrogens is 773 g/mol. The molecule has 0 aliphatic rings. The molecule has 0 saturated carbocycles. The Morgan fingerprint density at radius 1 is 0.508 bits per heavy atom. The Morgan fingerprint density at radius 3 is 1.33 bits per heavy atom. The van der Waals surface area contributed by atoms with E-state index in [0.717, 1.165) is 27.8 Å². The van der Waals surface area contributed by atoms with Gasteiger partial charge >= 0.3 is 5.97 Å². The molecule has 0 fully saturated rings. The van der Waals surface area contributed by atoms with Crippen LogP contribution in [0, 0.1) is 11.8 Å². The Balaban J connectivity index is 1.46. The molecule has 5 aromatic carbocycles. The molecule has 0 aliphatic heterocycles. The van der Waals surface area contributed by atoms with Gasteiger partial charge in [-0.05, 0) is 58.2 Å². The number of hydrogen-bond acceptors (Lipinski definition) is 5. The van der Waals surface area contributed by atoms with Crippen LogP contribution in [-0.4, -0.2) is 44.0 Å². The molecule has 0 heterocycles. The fourth-order valence-electron chi connectivity index (χ4n) is 9.13. The van der Waals surface area contributed by atoms with Crippen molar-refractivity contribution >= 4 is 31.9 Å². The van der Waals surface area contributed by atoms with Gasteiger partial charge in [0.25, 0.3) is 8.32 Å². The van der Waals surface area contributed by atoms with E-state index < -0.39 is 43.2 Å². The second kappa shape index (κ2) is 21.8. The summed E-state index contributed by atoms with van der Waals surface area (Å²) in [7, 11) is -3.02. The number of Topliss-reactive ketones (excluding diaryl/α,β-unsaturated/α-hetero) is 1. The minimum absolute atomic E-state index is 0.0513. The summed E-state index contributed by atoms with van der Waals surface area (Å²) in [4.78, 5) is 58.0. The smallest absolute Gasteiger partial charge is 0.315 e. The first-order valence-corrected chi connectivity index (χ1v) is 23.8. The van der Waals surface area contributed by atoms with Gasteiger partial charge in [0.2, 0.25) is 11.8 Å². The molecule has 5 rings (SSSR count). The van der Waals surface area contributed by atoms with Crippen molar-refractivity contribution in [3.8, 4) is 0 Å². The fourth-order valence-corrected chi connectivity index (χ4v) is 15.2. The van der Waals surface area contributed by atoms with Crippen molar-refractivity contribution in [1.29, 1.82) is 0 Å². The Kier molecular flexibility index (Phi) is 16.6. The zero-order valence-corrected chi connectivity index (χ0v) is 38.0. The van der Waals surface area contributed by atoms with Gasteiger partial charge in [-0.15, -0.1) is 0 Å².